The molecule has 0 bridgehead atoms. The summed E-state index contributed by atoms with van der Waals surface area (Å²) in [5.74, 6) is 0. The topological polar surface area (TPSA) is 69.6 Å². The van der Waals surface area contributed by atoms with E-state index in [1.807, 2.05) is 0 Å². The van der Waals surface area contributed by atoms with Gasteiger partial charge >= 0.3 is 10.2 Å². The Labute approximate surface area is 128 Å². The average molecular weight is 339 g/mol. The third-order valence-corrected chi connectivity index (χ3v) is 5.23. The van der Waals surface area contributed by atoms with E-state index < -0.39 is 10.2 Å². The summed E-state index contributed by atoms with van der Waals surface area (Å²) in [5, 5.41) is 10.0. The number of hydrogen-bond acceptors (Lipinski definition) is 3. The summed E-state index contributed by atoms with van der Waals surface area (Å²) < 4.78 is 28.5. The lowest BCUT2D eigenvalue weighted by atomic mass is 10.1. The lowest BCUT2D eigenvalue weighted by molar-refractivity contribution is 0.156. The zero-order valence-electron chi connectivity index (χ0n) is 10.7. The molecule has 1 heterocycles. The van der Waals surface area contributed by atoms with Crippen LogP contribution in [0.3, 0.4) is 0 Å². The van der Waals surface area contributed by atoms with Gasteiger partial charge in [-0.1, -0.05) is 29.6 Å². The molecule has 8 heteroatoms. The highest BCUT2D eigenvalue weighted by Gasteiger charge is 2.31. The van der Waals surface area contributed by atoms with Crippen LogP contribution in [0.15, 0.2) is 18.2 Å². The van der Waals surface area contributed by atoms with Crippen LogP contribution in [0.25, 0.3) is 0 Å². The number of halogens is 2. The normalized spacial score (nSPS) is 20.9. The number of aliphatic hydroxyl groups is 1. The Bertz CT molecular complexity index is 560. The second-order valence-electron chi connectivity index (χ2n) is 4.71. The van der Waals surface area contributed by atoms with Crippen molar-refractivity contribution >= 4 is 39.1 Å². The molecule has 1 atom stereocenters. The van der Waals surface area contributed by atoms with E-state index in [0.717, 1.165) is 12.8 Å². The SMILES string of the molecule is O=S(=O)(Nc1cc(Cl)cc(Cl)c1)N1CCCCC1CO. The summed E-state index contributed by atoms with van der Waals surface area (Å²) >= 11 is 11.7. The molecule has 2 N–H and O–H groups in total. The van der Waals surface area contributed by atoms with Crippen molar-refractivity contribution in [3.63, 3.8) is 0 Å². The van der Waals surface area contributed by atoms with E-state index in [4.69, 9.17) is 23.2 Å². The number of piperidine rings is 1. The van der Waals surface area contributed by atoms with Crippen LogP contribution < -0.4 is 4.72 Å². The monoisotopic (exact) mass is 338 g/mol. The number of nitrogens with zero attached hydrogens (tertiary/aromatic N) is 1. The molecule has 1 aromatic rings. The third kappa shape index (κ3) is 3.77. The second kappa shape index (κ2) is 6.49. The highest BCUT2D eigenvalue weighted by atomic mass is 35.5. The summed E-state index contributed by atoms with van der Waals surface area (Å²) in [6.45, 7) is 0.214. The molecule has 5 nitrogen and oxygen atoms in total. The van der Waals surface area contributed by atoms with Crippen molar-refractivity contribution in [1.29, 1.82) is 0 Å². The molecule has 0 spiro atoms. The molecule has 2 rings (SSSR count). The first-order valence-electron chi connectivity index (χ1n) is 6.29. The molecule has 20 heavy (non-hydrogen) atoms. The molecule has 1 aliphatic rings. The van der Waals surface area contributed by atoms with Crippen molar-refractivity contribution in [3.05, 3.63) is 28.2 Å². The van der Waals surface area contributed by atoms with Crippen LogP contribution in [0, 0.1) is 0 Å². The number of anilines is 1. The van der Waals surface area contributed by atoms with Gasteiger partial charge in [0.15, 0.2) is 0 Å². The van der Waals surface area contributed by atoms with Crippen LogP contribution in [0.4, 0.5) is 5.69 Å². The molecule has 1 aliphatic heterocycles. The van der Waals surface area contributed by atoms with Gasteiger partial charge in [0.2, 0.25) is 0 Å². The first-order valence-corrected chi connectivity index (χ1v) is 8.48. The van der Waals surface area contributed by atoms with Gasteiger partial charge in [-0.2, -0.15) is 12.7 Å². The molecular weight excluding hydrogens is 323 g/mol. The Morgan fingerprint density at radius 1 is 1.25 bits per heavy atom. The Morgan fingerprint density at radius 3 is 2.50 bits per heavy atom. The zero-order chi connectivity index (χ0) is 14.8. The van der Waals surface area contributed by atoms with Gasteiger partial charge in [0.25, 0.3) is 0 Å². The first-order chi connectivity index (χ1) is 9.42. The lowest BCUT2D eigenvalue weighted by Crippen LogP contribution is -2.47. The standard InChI is InChI=1S/C12H16Cl2N2O3S/c13-9-5-10(14)7-11(6-9)15-20(18,19)16-4-2-1-3-12(16)8-17/h5-7,12,15,17H,1-4,8H2. The first kappa shape index (κ1) is 15.9. The molecule has 1 unspecified atom stereocenters. The summed E-state index contributed by atoms with van der Waals surface area (Å²) in [4.78, 5) is 0. The van der Waals surface area contributed by atoms with E-state index in [9.17, 15) is 13.5 Å². The Hall–Kier alpha value is -0.530. The fourth-order valence-corrected chi connectivity index (χ4v) is 4.29. The molecule has 0 aromatic heterocycles. The second-order valence-corrected chi connectivity index (χ2v) is 7.20. The highest BCUT2D eigenvalue weighted by molar-refractivity contribution is 7.90. The van der Waals surface area contributed by atoms with E-state index in [1.54, 1.807) is 0 Å². The largest absolute Gasteiger partial charge is 0.395 e. The maximum absolute atomic E-state index is 12.4. The van der Waals surface area contributed by atoms with Gasteiger partial charge in [0.05, 0.1) is 12.3 Å². The fraction of sp³-hybridized carbons (Fsp3) is 0.500. The van der Waals surface area contributed by atoms with Crippen molar-refractivity contribution in [2.75, 3.05) is 17.9 Å². The van der Waals surface area contributed by atoms with Crippen LogP contribution in [0.5, 0.6) is 0 Å². The number of benzene rings is 1. The molecule has 112 valence electrons. The predicted molar refractivity (Wildman–Crippen MR) is 80.4 cm³/mol. The minimum atomic E-state index is -3.73. The Morgan fingerprint density at radius 2 is 1.90 bits per heavy atom. The number of rotatable bonds is 4. The van der Waals surface area contributed by atoms with Gasteiger partial charge in [-0.3, -0.25) is 4.72 Å². The molecule has 0 radical (unpaired) electrons. The molecule has 0 aliphatic carbocycles. The molecule has 0 amide bonds. The van der Waals surface area contributed by atoms with Crippen molar-refractivity contribution in [3.8, 4) is 0 Å². The number of aliphatic hydroxyl groups excluding tert-OH is 1. The summed E-state index contributed by atoms with van der Waals surface area (Å²) in [7, 11) is -3.73. The number of hydrogen-bond donors (Lipinski definition) is 2. The van der Waals surface area contributed by atoms with Crippen LogP contribution in [0.2, 0.25) is 10.0 Å². The molecule has 1 fully saturated rings. The van der Waals surface area contributed by atoms with E-state index >= 15 is 0 Å². The molecule has 1 saturated heterocycles. The van der Waals surface area contributed by atoms with Gasteiger partial charge in [0.1, 0.15) is 0 Å². The summed E-state index contributed by atoms with van der Waals surface area (Å²) in [6, 6.07) is 4.13. The van der Waals surface area contributed by atoms with E-state index in [-0.39, 0.29) is 12.6 Å². The van der Waals surface area contributed by atoms with Crippen molar-refractivity contribution in [2.24, 2.45) is 0 Å². The smallest absolute Gasteiger partial charge is 0.301 e. The van der Waals surface area contributed by atoms with E-state index in [2.05, 4.69) is 4.72 Å². The maximum Gasteiger partial charge on any atom is 0.301 e. The third-order valence-electron chi connectivity index (χ3n) is 3.20. The lowest BCUT2D eigenvalue weighted by Gasteiger charge is -2.33. The fourth-order valence-electron chi connectivity index (χ4n) is 2.29. The van der Waals surface area contributed by atoms with Crippen LogP contribution in [-0.4, -0.2) is 37.0 Å². The van der Waals surface area contributed by atoms with Crippen molar-refractivity contribution in [2.45, 2.75) is 25.3 Å². The minimum Gasteiger partial charge on any atom is -0.395 e. The Kier molecular flexibility index (Phi) is 5.14. The van der Waals surface area contributed by atoms with Gasteiger partial charge in [-0.25, -0.2) is 0 Å². The van der Waals surface area contributed by atoms with Crippen LogP contribution >= 0.6 is 23.2 Å². The highest BCUT2D eigenvalue weighted by Crippen LogP contribution is 2.26. The molecule has 1 aromatic carbocycles. The minimum absolute atomic E-state index is 0.183. The Balaban J connectivity index is 2.21. The average Bonchev–Trinajstić information content (AvgIpc) is 2.36. The van der Waals surface area contributed by atoms with Crippen molar-refractivity contribution < 1.29 is 13.5 Å². The van der Waals surface area contributed by atoms with Crippen molar-refractivity contribution in [1.82, 2.24) is 4.31 Å². The van der Waals surface area contributed by atoms with Gasteiger partial charge in [-0.05, 0) is 31.0 Å². The number of nitrogens with one attached hydrogen (secondary N) is 1. The predicted octanol–water partition coefficient (Wildman–Crippen LogP) is 2.50. The summed E-state index contributed by atoms with van der Waals surface area (Å²) in [6.07, 6.45) is 2.36. The van der Waals surface area contributed by atoms with Crippen LogP contribution in [0.1, 0.15) is 19.3 Å². The van der Waals surface area contributed by atoms with E-state index in [0.29, 0.717) is 28.7 Å². The quantitative estimate of drug-likeness (QED) is 0.886. The van der Waals surface area contributed by atoms with Gasteiger partial charge in [-0.15, -0.1) is 0 Å². The van der Waals surface area contributed by atoms with Crippen LogP contribution in [-0.2, 0) is 10.2 Å². The van der Waals surface area contributed by atoms with Gasteiger partial charge in [0, 0.05) is 22.6 Å². The molecular formula is C12H16Cl2N2O3S. The van der Waals surface area contributed by atoms with E-state index in [1.165, 1.54) is 22.5 Å². The zero-order valence-corrected chi connectivity index (χ0v) is 13.0. The maximum atomic E-state index is 12.4. The molecule has 0 saturated carbocycles. The summed E-state index contributed by atoms with van der Waals surface area (Å²) in [5.41, 5.74) is 0.310. The van der Waals surface area contributed by atoms with Gasteiger partial charge < -0.3 is 5.11 Å².